The van der Waals surface area contributed by atoms with Crippen molar-refractivity contribution in [2.45, 2.75) is 0 Å². The Balaban J connectivity index is 1.00. The summed E-state index contributed by atoms with van der Waals surface area (Å²) in [5.41, 5.74) is 15.6. The summed E-state index contributed by atoms with van der Waals surface area (Å²) in [4.78, 5) is 9.72. The first-order valence-electron chi connectivity index (χ1n) is 19.6. The van der Waals surface area contributed by atoms with Crippen LogP contribution in [-0.4, -0.2) is 25.8 Å². The zero-order chi connectivity index (χ0) is 37.2. The Labute approximate surface area is 328 Å². The standard InChI is InChI=1S/C52H31BN4/c1-5-17-44-35(11-1)40-27-26-39-41-15-9-29-54-51(41)52-42(16-10-30-55-52)49(39)50(40)53(44)32-21-23-33(24-22-32)56-47-20-8-4-14-38(47)43-31-34(25-28-48(43)56)57-45-18-6-2-12-36(45)37-13-3-7-19-46(37)57/h1-31H. The fourth-order valence-electron chi connectivity index (χ4n) is 10.2. The molecule has 0 spiro atoms. The maximum absolute atomic E-state index is 4.90. The normalized spacial score (nSPS) is 12.5. The van der Waals surface area contributed by atoms with Crippen LogP contribution in [0.25, 0.3) is 98.7 Å². The van der Waals surface area contributed by atoms with Gasteiger partial charge in [-0.15, -0.1) is 0 Å². The molecule has 0 fully saturated rings. The van der Waals surface area contributed by atoms with E-state index in [0.717, 1.165) is 33.2 Å². The second kappa shape index (κ2) is 11.5. The van der Waals surface area contributed by atoms with Gasteiger partial charge in [0.2, 0.25) is 6.71 Å². The molecule has 12 aromatic rings. The third-order valence-corrected chi connectivity index (χ3v) is 12.5. The molecule has 0 saturated carbocycles. The average Bonchev–Trinajstić information content (AvgIpc) is 3.92. The molecule has 4 nitrogen and oxygen atoms in total. The molecule has 1 aliphatic rings. The third-order valence-electron chi connectivity index (χ3n) is 12.5. The smallest absolute Gasteiger partial charge is 0.243 e. The Morgan fingerprint density at radius 2 is 0.912 bits per heavy atom. The van der Waals surface area contributed by atoms with Crippen LogP contribution >= 0.6 is 0 Å². The molecule has 0 amide bonds. The third kappa shape index (κ3) is 4.18. The number of pyridine rings is 2. The molecular weight excluding hydrogens is 691 g/mol. The molecule has 4 aromatic heterocycles. The van der Waals surface area contributed by atoms with Crippen LogP contribution in [0.15, 0.2) is 188 Å². The fraction of sp³-hybridized carbons (Fsp3) is 0. The summed E-state index contributed by atoms with van der Waals surface area (Å²) in [5, 5.41) is 9.79. The van der Waals surface area contributed by atoms with Crippen molar-refractivity contribution >= 4 is 99.3 Å². The van der Waals surface area contributed by atoms with Gasteiger partial charge in [0.25, 0.3) is 0 Å². The van der Waals surface area contributed by atoms with Crippen LogP contribution in [0.2, 0.25) is 0 Å². The number of aromatic nitrogens is 4. The van der Waals surface area contributed by atoms with Gasteiger partial charge in [-0.1, -0.05) is 132 Å². The van der Waals surface area contributed by atoms with Gasteiger partial charge in [0.05, 0.1) is 33.1 Å². The first-order chi connectivity index (χ1) is 28.3. The predicted molar refractivity (Wildman–Crippen MR) is 240 cm³/mol. The Hall–Kier alpha value is -7.50. The van der Waals surface area contributed by atoms with E-state index in [1.807, 2.05) is 18.5 Å². The van der Waals surface area contributed by atoms with Crippen molar-refractivity contribution in [2.75, 3.05) is 0 Å². The number of hydrogen-bond donors (Lipinski definition) is 0. The van der Waals surface area contributed by atoms with Crippen molar-refractivity contribution in [3.05, 3.63) is 188 Å². The summed E-state index contributed by atoms with van der Waals surface area (Å²) < 4.78 is 4.83. The molecule has 13 rings (SSSR count). The van der Waals surface area contributed by atoms with Crippen molar-refractivity contribution in [1.29, 1.82) is 0 Å². The number of fused-ring (bicyclic) bond motifs is 16. The number of benzene rings is 8. The average molecular weight is 723 g/mol. The summed E-state index contributed by atoms with van der Waals surface area (Å²) in [5.74, 6) is 0. The van der Waals surface area contributed by atoms with Gasteiger partial charge >= 0.3 is 0 Å². The topological polar surface area (TPSA) is 35.6 Å². The SMILES string of the molecule is c1ccc2c(c1)B(c1ccc(-n3c4ccccc4c4cc(-n5c6ccccc6c6ccccc65)ccc43)cc1)c1c-2ccc2c3cccnc3c3ncccc3c12. The van der Waals surface area contributed by atoms with Crippen molar-refractivity contribution in [2.24, 2.45) is 0 Å². The van der Waals surface area contributed by atoms with E-state index in [9.17, 15) is 0 Å². The number of rotatable bonds is 3. The van der Waals surface area contributed by atoms with Crippen LogP contribution in [0.5, 0.6) is 0 Å². The fourth-order valence-corrected chi connectivity index (χ4v) is 10.2. The largest absolute Gasteiger partial charge is 0.309 e. The summed E-state index contributed by atoms with van der Waals surface area (Å²) in [7, 11) is 0. The van der Waals surface area contributed by atoms with Gasteiger partial charge in [0.15, 0.2) is 0 Å². The Morgan fingerprint density at radius 3 is 1.63 bits per heavy atom. The minimum Gasteiger partial charge on any atom is -0.309 e. The van der Waals surface area contributed by atoms with E-state index in [1.54, 1.807) is 0 Å². The molecule has 5 heterocycles. The lowest BCUT2D eigenvalue weighted by atomic mass is 9.38. The minimum absolute atomic E-state index is 0.0680. The van der Waals surface area contributed by atoms with Crippen LogP contribution < -0.4 is 16.4 Å². The molecule has 0 N–H and O–H groups in total. The highest BCUT2D eigenvalue weighted by molar-refractivity contribution is 7.00. The maximum atomic E-state index is 4.90. The van der Waals surface area contributed by atoms with Gasteiger partial charge in [-0.3, -0.25) is 9.97 Å². The number of hydrogen-bond acceptors (Lipinski definition) is 2. The van der Waals surface area contributed by atoms with E-state index in [4.69, 9.17) is 9.97 Å². The lowest BCUT2D eigenvalue weighted by Gasteiger charge is -2.17. The molecule has 8 aromatic carbocycles. The molecule has 5 heteroatoms. The van der Waals surface area contributed by atoms with E-state index in [0.29, 0.717) is 0 Å². The summed E-state index contributed by atoms with van der Waals surface area (Å²) in [6.45, 7) is 0.0680. The van der Waals surface area contributed by atoms with E-state index >= 15 is 0 Å². The van der Waals surface area contributed by atoms with Crippen molar-refractivity contribution < 1.29 is 0 Å². The van der Waals surface area contributed by atoms with Crippen molar-refractivity contribution in [3.8, 4) is 22.5 Å². The highest BCUT2D eigenvalue weighted by atomic mass is 15.0. The lowest BCUT2D eigenvalue weighted by molar-refractivity contribution is 1.17. The van der Waals surface area contributed by atoms with Crippen LogP contribution in [0.3, 0.4) is 0 Å². The Morgan fingerprint density at radius 1 is 0.368 bits per heavy atom. The first-order valence-corrected chi connectivity index (χ1v) is 19.6. The Kier molecular flexibility index (Phi) is 6.22. The number of nitrogens with zero attached hydrogens (tertiary/aromatic N) is 4. The molecule has 0 saturated heterocycles. The van der Waals surface area contributed by atoms with Crippen LogP contribution in [0, 0.1) is 0 Å². The maximum Gasteiger partial charge on any atom is 0.243 e. The van der Waals surface area contributed by atoms with Crippen LogP contribution in [0.1, 0.15) is 0 Å². The Bertz CT molecular complexity index is 3560. The predicted octanol–water partition coefficient (Wildman–Crippen LogP) is 10.6. The van der Waals surface area contributed by atoms with Gasteiger partial charge in [-0.05, 0) is 82.6 Å². The molecule has 1 aliphatic heterocycles. The van der Waals surface area contributed by atoms with Crippen molar-refractivity contribution in [1.82, 2.24) is 19.1 Å². The summed E-state index contributed by atoms with van der Waals surface area (Å²) in [6, 6.07) is 64.6. The highest BCUT2D eigenvalue weighted by Gasteiger charge is 2.35. The number of para-hydroxylation sites is 3. The summed E-state index contributed by atoms with van der Waals surface area (Å²) >= 11 is 0. The molecule has 0 radical (unpaired) electrons. The van der Waals surface area contributed by atoms with Gasteiger partial charge in [0.1, 0.15) is 0 Å². The highest BCUT2D eigenvalue weighted by Crippen LogP contribution is 2.39. The first kappa shape index (κ1) is 30.8. The van der Waals surface area contributed by atoms with Gasteiger partial charge in [0, 0.05) is 56.1 Å². The second-order valence-electron chi connectivity index (χ2n) is 15.3. The molecule has 0 unspecified atom stereocenters. The van der Waals surface area contributed by atoms with Crippen molar-refractivity contribution in [3.63, 3.8) is 0 Å². The van der Waals surface area contributed by atoms with E-state index in [2.05, 4.69) is 179 Å². The minimum atomic E-state index is 0.0680. The van der Waals surface area contributed by atoms with Gasteiger partial charge < -0.3 is 9.13 Å². The van der Waals surface area contributed by atoms with E-state index in [1.165, 1.54) is 81.9 Å². The molecular formula is C52H31BN4. The second-order valence-corrected chi connectivity index (χ2v) is 15.3. The zero-order valence-electron chi connectivity index (χ0n) is 30.8. The van der Waals surface area contributed by atoms with Crippen LogP contribution in [-0.2, 0) is 0 Å². The van der Waals surface area contributed by atoms with E-state index < -0.39 is 0 Å². The lowest BCUT2D eigenvalue weighted by Crippen LogP contribution is -2.49. The quantitative estimate of drug-likeness (QED) is 0.134. The van der Waals surface area contributed by atoms with Gasteiger partial charge in [-0.25, -0.2) is 0 Å². The van der Waals surface area contributed by atoms with E-state index in [-0.39, 0.29) is 6.71 Å². The molecule has 0 bridgehead atoms. The summed E-state index contributed by atoms with van der Waals surface area (Å²) in [6.07, 6.45) is 3.76. The molecule has 57 heavy (non-hydrogen) atoms. The zero-order valence-corrected chi connectivity index (χ0v) is 30.8. The monoisotopic (exact) mass is 722 g/mol. The van der Waals surface area contributed by atoms with Gasteiger partial charge in [-0.2, -0.15) is 0 Å². The molecule has 0 aliphatic carbocycles. The molecule has 0 atom stereocenters. The molecule has 262 valence electrons. The van der Waals surface area contributed by atoms with Crippen LogP contribution in [0.4, 0.5) is 0 Å².